The fraction of sp³-hybridized carbons (Fsp3) is 0.348. The van der Waals surface area contributed by atoms with Crippen LogP contribution in [-0.2, 0) is 25.5 Å². The highest BCUT2D eigenvalue weighted by atomic mass is 35.5. The third-order valence-corrected chi connectivity index (χ3v) is 4.96. The van der Waals surface area contributed by atoms with Gasteiger partial charge in [0, 0.05) is 0 Å². The van der Waals surface area contributed by atoms with Gasteiger partial charge >= 0.3 is 11.9 Å². The number of carboxylic acid groups (broad SMARTS) is 1. The number of hydrogen-bond donors (Lipinski definition) is 2. The van der Waals surface area contributed by atoms with E-state index in [0.717, 1.165) is 5.56 Å². The molecule has 1 aliphatic heterocycles. The summed E-state index contributed by atoms with van der Waals surface area (Å²) in [5, 5.41) is 12.4. The summed E-state index contributed by atoms with van der Waals surface area (Å²) in [6.07, 6.45) is 1.02. The Balaban J connectivity index is 0.00000363. The molecule has 1 unspecified atom stereocenters. The molecule has 0 saturated carbocycles. The second-order valence-electron chi connectivity index (χ2n) is 7.15. The Morgan fingerprint density at radius 1 is 1.19 bits per heavy atom. The Bertz CT molecular complexity index is 924. The number of halogens is 1. The molecule has 2 atom stereocenters. The first-order valence-corrected chi connectivity index (χ1v) is 10.2. The van der Waals surface area contributed by atoms with Crippen molar-refractivity contribution >= 4 is 35.9 Å². The standard InChI is InChI=1S/C23H26N2O6.ClH/c1-2-30-23(29)17(13-12-16-8-4-3-5-9-16)24-18-15-31-20-11-7-6-10-19(20)25(22(18)28)14-21(26)27;/h3-11,17-18,24H,2,12-15H2,1H3,(H,26,27);1H/t17-,18?;/m0./s1. The molecule has 8 nitrogen and oxygen atoms in total. The van der Waals surface area contributed by atoms with Gasteiger partial charge in [-0.2, -0.15) is 0 Å². The topological polar surface area (TPSA) is 105 Å². The molecule has 2 N–H and O–H groups in total. The molecule has 0 fully saturated rings. The van der Waals surface area contributed by atoms with Crippen LogP contribution in [0.3, 0.4) is 0 Å². The number of aliphatic carboxylic acids is 1. The lowest BCUT2D eigenvalue weighted by molar-refractivity contribution is -0.146. The minimum absolute atomic E-state index is 0. The molecule has 2 aromatic rings. The number of hydrogen-bond acceptors (Lipinski definition) is 6. The summed E-state index contributed by atoms with van der Waals surface area (Å²) >= 11 is 0. The minimum Gasteiger partial charge on any atom is -0.489 e. The van der Waals surface area contributed by atoms with Crippen LogP contribution in [-0.4, -0.2) is 54.8 Å². The lowest BCUT2D eigenvalue weighted by Crippen LogP contribution is -2.55. The van der Waals surface area contributed by atoms with E-state index in [1.54, 1.807) is 31.2 Å². The van der Waals surface area contributed by atoms with E-state index in [4.69, 9.17) is 9.47 Å². The van der Waals surface area contributed by atoms with Gasteiger partial charge in [0.2, 0.25) is 5.91 Å². The van der Waals surface area contributed by atoms with Crippen LogP contribution >= 0.6 is 12.4 Å². The number of amides is 1. The fourth-order valence-electron chi connectivity index (χ4n) is 3.48. The Morgan fingerprint density at radius 3 is 2.56 bits per heavy atom. The van der Waals surface area contributed by atoms with Gasteiger partial charge in [-0.3, -0.25) is 24.6 Å². The number of rotatable bonds is 9. The number of nitrogens with zero attached hydrogens (tertiary/aromatic N) is 1. The monoisotopic (exact) mass is 462 g/mol. The SMILES string of the molecule is CCOC(=O)[C@H](CCc1ccccc1)NC1COc2ccccc2N(CC(=O)O)C1=O.Cl. The summed E-state index contributed by atoms with van der Waals surface area (Å²) in [5.74, 6) is -1.66. The molecule has 1 aliphatic rings. The quantitative estimate of drug-likeness (QED) is 0.551. The number of ether oxygens (including phenoxy) is 2. The molecule has 32 heavy (non-hydrogen) atoms. The van der Waals surface area contributed by atoms with Crippen molar-refractivity contribution in [3.63, 3.8) is 0 Å². The first kappa shape index (κ1) is 25.2. The van der Waals surface area contributed by atoms with Crippen molar-refractivity contribution in [3.05, 3.63) is 60.2 Å². The highest BCUT2D eigenvalue weighted by molar-refractivity contribution is 6.02. The Hall–Kier alpha value is -3.10. The van der Waals surface area contributed by atoms with Crippen LogP contribution < -0.4 is 15.0 Å². The Kier molecular flexibility index (Phi) is 9.49. The van der Waals surface area contributed by atoms with Crippen molar-refractivity contribution in [1.82, 2.24) is 5.32 Å². The molecule has 0 spiro atoms. The van der Waals surface area contributed by atoms with Gasteiger partial charge in [-0.15, -0.1) is 12.4 Å². The molecule has 172 valence electrons. The summed E-state index contributed by atoms with van der Waals surface area (Å²) < 4.78 is 11.0. The second-order valence-corrected chi connectivity index (χ2v) is 7.15. The molecule has 1 amide bonds. The lowest BCUT2D eigenvalue weighted by atomic mass is 10.0. The van der Waals surface area contributed by atoms with Gasteiger partial charge in [-0.05, 0) is 37.5 Å². The van der Waals surface area contributed by atoms with E-state index in [1.807, 2.05) is 30.3 Å². The van der Waals surface area contributed by atoms with Crippen LogP contribution in [0.25, 0.3) is 0 Å². The molecule has 0 aromatic heterocycles. The van der Waals surface area contributed by atoms with Crippen LogP contribution in [0.4, 0.5) is 5.69 Å². The maximum absolute atomic E-state index is 13.2. The Morgan fingerprint density at radius 2 is 1.88 bits per heavy atom. The van der Waals surface area contributed by atoms with Crippen molar-refractivity contribution in [2.24, 2.45) is 0 Å². The highest BCUT2D eigenvalue weighted by Gasteiger charge is 2.35. The van der Waals surface area contributed by atoms with Gasteiger partial charge in [-0.25, -0.2) is 0 Å². The number of aryl methyl sites for hydroxylation is 1. The number of para-hydroxylation sites is 2. The van der Waals surface area contributed by atoms with E-state index in [2.05, 4.69) is 5.32 Å². The van der Waals surface area contributed by atoms with Gasteiger partial charge in [0.05, 0.1) is 12.3 Å². The van der Waals surface area contributed by atoms with Crippen LogP contribution in [0.5, 0.6) is 5.75 Å². The van der Waals surface area contributed by atoms with Crippen LogP contribution in [0.2, 0.25) is 0 Å². The summed E-state index contributed by atoms with van der Waals surface area (Å²) in [4.78, 5) is 38.3. The predicted octanol–water partition coefficient (Wildman–Crippen LogP) is 2.44. The van der Waals surface area contributed by atoms with Gasteiger partial charge < -0.3 is 14.6 Å². The molecule has 0 bridgehead atoms. The van der Waals surface area contributed by atoms with E-state index in [9.17, 15) is 19.5 Å². The number of esters is 1. The molecular formula is C23H27ClN2O6. The lowest BCUT2D eigenvalue weighted by Gasteiger charge is -2.26. The highest BCUT2D eigenvalue weighted by Crippen LogP contribution is 2.31. The van der Waals surface area contributed by atoms with Crippen LogP contribution in [0, 0.1) is 0 Å². The smallest absolute Gasteiger partial charge is 0.323 e. The zero-order valence-electron chi connectivity index (χ0n) is 17.7. The molecule has 0 radical (unpaired) electrons. The van der Waals surface area contributed by atoms with Crippen LogP contribution in [0.15, 0.2) is 54.6 Å². The van der Waals surface area contributed by atoms with Crippen molar-refractivity contribution < 1.29 is 29.0 Å². The minimum atomic E-state index is -1.14. The number of carboxylic acids is 1. The summed E-state index contributed by atoms with van der Waals surface area (Å²) in [6, 6.07) is 14.8. The average Bonchev–Trinajstić information content (AvgIpc) is 2.89. The molecule has 3 rings (SSSR count). The average molecular weight is 463 g/mol. The Labute approximate surface area is 192 Å². The maximum Gasteiger partial charge on any atom is 0.323 e. The van der Waals surface area contributed by atoms with Gasteiger partial charge in [0.25, 0.3) is 0 Å². The van der Waals surface area contributed by atoms with E-state index in [1.165, 1.54) is 4.90 Å². The molecule has 9 heteroatoms. The summed E-state index contributed by atoms with van der Waals surface area (Å²) in [6.45, 7) is 1.39. The zero-order valence-corrected chi connectivity index (χ0v) is 18.5. The predicted molar refractivity (Wildman–Crippen MR) is 121 cm³/mol. The summed E-state index contributed by atoms with van der Waals surface area (Å²) in [7, 11) is 0. The number of fused-ring (bicyclic) bond motifs is 1. The number of nitrogens with one attached hydrogen (secondary N) is 1. The molecule has 1 heterocycles. The van der Waals surface area contributed by atoms with Crippen molar-refractivity contribution in [1.29, 1.82) is 0 Å². The largest absolute Gasteiger partial charge is 0.489 e. The van der Waals surface area contributed by atoms with Gasteiger partial charge in [-0.1, -0.05) is 42.5 Å². The third kappa shape index (κ3) is 6.45. The number of carbonyl (C=O) groups excluding carboxylic acids is 2. The number of benzene rings is 2. The van der Waals surface area contributed by atoms with E-state index >= 15 is 0 Å². The van der Waals surface area contributed by atoms with Crippen molar-refractivity contribution in [2.45, 2.75) is 31.8 Å². The summed E-state index contributed by atoms with van der Waals surface area (Å²) in [5.41, 5.74) is 1.44. The van der Waals surface area contributed by atoms with Crippen LogP contribution in [0.1, 0.15) is 18.9 Å². The van der Waals surface area contributed by atoms with E-state index < -0.39 is 36.5 Å². The van der Waals surface area contributed by atoms with E-state index in [0.29, 0.717) is 24.3 Å². The molecule has 0 saturated heterocycles. The number of carbonyl (C=O) groups is 3. The third-order valence-electron chi connectivity index (χ3n) is 4.96. The first-order valence-electron chi connectivity index (χ1n) is 10.2. The molecule has 0 aliphatic carbocycles. The molecule has 2 aromatic carbocycles. The zero-order chi connectivity index (χ0) is 22.2. The fourth-order valence-corrected chi connectivity index (χ4v) is 3.48. The first-order chi connectivity index (χ1) is 15.0. The van der Waals surface area contributed by atoms with E-state index in [-0.39, 0.29) is 25.6 Å². The van der Waals surface area contributed by atoms with Gasteiger partial charge in [0.15, 0.2) is 0 Å². The maximum atomic E-state index is 13.2. The van der Waals surface area contributed by atoms with Gasteiger partial charge in [0.1, 0.15) is 31.0 Å². The second kappa shape index (κ2) is 12.1. The molecular weight excluding hydrogens is 436 g/mol. The normalized spacial score (nSPS) is 16.1. The van der Waals surface area contributed by atoms with Crippen molar-refractivity contribution in [3.8, 4) is 5.75 Å². The van der Waals surface area contributed by atoms with Crippen molar-refractivity contribution in [2.75, 3.05) is 24.7 Å². The number of anilines is 1.